The van der Waals surface area contributed by atoms with Crippen molar-refractivity contribution < 1.29 is 9.59 Å². The molecule has 1 aromatic rings. The summed E-state index contributed by atoms with van der Waals surface area (Å²) in [6.45, 7) is 1.36. The van der Waals surface area contributed by atoms with E-state index in [1.807, 2.05) is 6.07 Å². The van der Waals surface area contributed by atoms with Crippen molar-refractivity contribution in [1.82, 2.24) is 0 Å². The highest BCUT2D eigenvalue weighted by molar-refractivity contribution is 6.34. The van der Waals surface area contributed by atoms with Crippen LogP contribution in [0.3, 0.4) is 0 Å². The highest BCUT2D eigenvalue weighted by atomic mass is 35.5. The largest absolute Gasteiger partial charge is 0.298 e. The van der Waals surface area contributed by atoms with Gasteiger partial charge in [-0.3, -0.25) is 9.59 Å². The molecular weight excluding hydrogens is 202 g/mol. The van der Waals surface area contributed by atoms with Crippen LogP contribution in [0.15, 0.2) is 12.1 Å². The van der Waals surface area contributed by atoms with Gasteiger partial charge in [-0.15, -0.1) is 0 Å². The number of nitrogens with zero attached hydrogens (tertiary/aromatic N) is 1. The van der Waals surface area contributed by atoms with Gasteiger partial charge in [0.15, 0.2) is 12.1 Å². The zero-order valence-corrected chi connectivity index (χ0v) is 8.13. The molecule has 0 unspecified atom stereocenters. The average molecular weight is 208 g/mol. The van der Waals surface area contributed by atoms with Crippen molar-refractivity contribution in [3.05, 3.63) is 33.8 Å². The minimum Gasteiger partial charge on any atom is -0.298 e. The number of benzene rings is 1. The lowest BCUT2D eigenvalue weighted by molar-refractivity contribution is 0.101. The molecule has 0 fully saturated rings. The number of ketones is 1. The summed E-state index contributed by atoms with van der Waals surface area (Å²) in [5, 5.41) is 8.77. The van der Waals surface area contributed by atoms with E-state index in [0.29, 0.717) is 11.8 Å². The van der Waals surface area contributed by atoms with Gasteiger partial charge in [-0.25, -0.2) is 0 Å². The maximum absolute atomic E-state index is 11.0. The van der Waals surface area contributed by atoms with Crippen LogP contribution in [0.4, 0.5) is 0 Å². The van der Waals surface area contributed by atoms with Gasteiger partial charge in [-0.05, 0) is 19.1 Å². The molecule has 0 atom stereocenters. The molecule has 0 N–H and O–H groups in total. The summed E-state index contributed by atoms with van der Waals surface area (Å²) in [6.07, 6.45) is 0.523. The van der Waals surface area contributed by atoms with Gasteiger partial charge in [-0.2, -0.15) is 5.26 Å². The molecule has 0 spiro atoms. The Bertz CT molecular complexity index is 446. The Labute approximate surface area is 85.9 Å². The van der Waals surface area contributed by atoms with Gasteiger partial charge < -0.3 is 0 Å². The first kappa shape index (κ1) is 10.4. The second-order valence-corrected chi connectivity index (χ2v) is 3.09. The highest BCUT2D eigenvalue weighted by Gasteiger charge is 2.10. The fraction of sp³-hybridized carbons (Fsp3) is 0.100. The van der Waals surface area contributed by atoms with Crippen molar-refractivity contribution in [2.75, 3.05) is 0 Å². The fourth-order valence-corrected chi connectivity index (χ4v) is 1.21. The zero-order valence-electron chi connectivity index (χ0n) is 7.37. The first-order chi connectivity index (χ1) is 6.60. The predicted molar refractivity (Wildman–Crippen MR) is 51.6 cm³/mol. The topological polar surface area (TPSA) is 57.9 Å². The Hall–Kier alpha value is -1.66. The second-order valence-electron chi connectivity index (χ2n) is 2.71. The lowest BCUT2D eigenvalue weighted by Gasteiger charge is -2.01. The van der Waals surface area contributed by atoms with E-state index in [0.717, 1.165) is 0 Å². The Kier molecular flexibility index (Phi) is 3.00. The van der Waals surface area contributed by atoms with Crippen LogP contribution < -0.4 is 0 Å². The van der Waals surface area contributed by atoms with E-state index >= 15 is 0 Å². The molecule has 0 aliphatic heterocycles. The molecule has 3 nitrogen and oxygen atoms in total. The second kappa shape index (κ2) is 4.03. The summed E-state index contributed by atoms with van der Waals surface area (Å²) in [5.74, 6) is -0.207. The molecule has 0 radical (unpaired) electrons. The highest BCUT2D eigenvalue weighted by Crippen LogP contribution is 2.21. The van der Waals surface area contributed by atoms with Crippen LogP contribution in [-0.2, 0) is 0 Å². The molecule has 70 valence electrons. The lowest BCUT2D eigenvalue weighted by Crippen LogP contribution is -1.97. The van der Waals surface area contributed by atoms with Gasteiger partial charge >= 0.3 is 0 Å². The molecule has 4 heteroatoms. The van der Waals surface area contributed by atoms with E-state index in [4.69, 9.17) is 16.9 Å². The molecule has 14 heavy (non-hydrogen) atoms. The summed E-state index contributed by atoms with van der Waals surface area (Å²) >= 11 is 5.72. The maximum Gasteiger partial charge on any atom is 0.159 e. The molecule has 0 aliphatic carbocycles. The molecule has 0 aliphatic rings. The lowest BCUT2D eigenvalue weighted by atomic mass is 10.0. The average Bonchev–Trinajstić information content (AvgIpc) is 2.17. The van der Waals surface area contributed by atoms with Gasteiger partial charge in [0.25, 0.3) is 0 Å². The minimum atomic E-state index is -0.207. The van der Waals surface area contributed by atoms with Gasteiger partial charge in [0, 0.05) is 11.1 Å². The summed E-state index contributed by atoms with van der Waals surface area (Å²) in [7, 11) is 0. The number of halogens is 1. The number of hydrogen-bond donors (Lipinski definition) is 0. The van der Waals surface area contributed by atoms with Gasteiger partial charge in [0.2, 0.25) is 0 Å². The third-order valence-electron chi connectivity index (χ3n) is 1.75. The third kappa shape index (κ3) is 1.81. The molecule has 1 rings (SSSR count). The van der Waals surface area contributed by atoms with Crippen LogP contribution >= 0.6 is 11.6 Å². The van der Waals surface area contributed by atoms with Gasteiger partial charge in [-0.1, -0.05) is 11.6 Å². The standard InChI is InChI=1S/C10H6ClNO2/c1-6(14)7-2-8(4-12)10(11)9(3-7)5-13/h2-3,5H,1H3. The molecule has 0 amide bonds. The summed E-state index contributed by atoms with van der Waals surface area (Å²) < 4.78 is 0. The molecule has 0 bridgehead atoms. The summed E-state index contributed by atoms with van der Waals surface area (Å²) in [6, 6.07) is 4.57. The van der Waals surface area contributed by atoms with Crippen LogP contribution in [0.25, 0.3) is 0 Å². The Morgan fingerprint density at radius 2 is 2.21 bits per heavy atom. The smallest absolute Gasteiger partial charge is 0.159 e. The number of rotatable bonds is 2. The fourth-order valence-electron chi connectivity index (χ4n) is 1.02. The van der Waals surface area contributed by atoms with Crippen LogP contribution in [0.5, 0.6) is 0 Å². The summed E-state index contributed by atoms with van der Waals surface area (Å²) in [5.41, 5.74) is 0.616. The number of carbonyl (C=O) groups is 2. The Morgan fingerprint density at radius 3 is 2.64 bits per heavy atom. The van der Waals surface area contributed by atoms with Crippen molar-refractivity contribution in [3.8, 4) is 6.07 Å². The van der Waals surface area contributed by atoms with Gasteiger partial charge in [0.1, 0.15) is 6.07 Å². The first-order valence-corrected chi connectivity index (χ1v) is 4.17. The number of aldehydes is 1. The first-order valence-electron chi connectivity index (χ1n) is 3.80. The normalized spacial score (nSPS) is 9.21. The van der Waals surface area contributed by atoms with Crippen molar-refractivity contribution in [2.45, 2.75) is 6.92 Å². The van der Waals surface area contributed by atoms with Crippen LogP contribution in [-0.4, -0.2) is 12.1 Å². The Morgan fingerprint density at radius 1 is 1.57 bits per heavy atom. The van der Waals surface area contributed by atoms with E-state index in [2.05, 4.69) is 0 Å². The quantitative estimate of drug-likeness (QED) is 0.552. The number of nitriles is 1. The predicted octanol–water partition coefficient (Wildman–Crippen LogP) is 2.23. The van der Waals surface area contributed by atoms with E-state index in [1.165, 1.54) is 19.1 Å². The molecule has 0 aromatic heterocycles. The van der Waals surface area contributed by atoms with Crippen molar-refractivity contribution in [3.63, 3.8) is 0 Å². The van der Waals surface area contributed by atoms with E-state index < -0.39 is 0 Å². The van der Waals surface area contributed by atoms with Gasteiger partial charge in [0.05, 0.1) is 10.6 Å². The van der Waals surface area contributed by atoms with E-state index in [-0.39, 0.29) is 21.9 Å². The number of Topliss-reactive ketones (excluding diaryl/α,β-unsaturated/α-hetero) is 1. The number of carbonyl (C=O) groups excluding carboxylic acids is 2. The Balaban J connectivity index is 3.49. The van der Waals surface area contributed by atoms with Crippen molar-refractivity contribution in [2.24, 2.45) is 0 Å². The van der Waals surface area contributed by atoms with Crippen LogP contribution in [0, 0.1) is 11.3 Å². The van der Waals surface area contributed by atoms with Crippen molar-refractivity contribution in [1.29, 1.82) is 5.26 Å². The molecule has 0 saturated carbocycles. The van der Waals surface area contributed by atoms with Crippen molar-refractivity contribution >= 4 is 23.7 Å². The SMILES string of the molecule is CC(=O)c1cc(C#N)c(Cl)c(C=O)c1. The van der Waals surface area contributed by atoms with Crippen LogP contribution in [0.1, 0.15) is 33.2 Å². The van der Waals surface area contributed by atoms with E-state index in [1.54, 1.807) is 0 Å². The summed E-state index contributed by atoms with van der Waals surface area (Å²) in [4.78, 5) is 21.6. The number of hydrogen-bond acceptors (Lipinski definition) is 3. The van der Waals surface area contributed by atoms with Crippen LogP contribution in [0.2, 0.25) is 5.02 Å². The molecule has 0 heterocycles. The molecule has 1 aromatic carbocycles. The zero-order chi connectivity index (χ0) is 10.7. The molecule has 0 saturated heterocycles. The minimum absolute atomic E-state index is 0.0903. The maximum atomic E-state index is 11.0. The van der Waals surface area contributed by atoms with E-state index in [9.17, 15) is 9.59 Å². The monoisotopic (exact) mass is 207 g/mol. The third-order valence-corrected chi connectivity index (χ3v) is 2.18. The molecular formula is C10H6ClNO2.